The van der Waals surface area contributed by atoms with E-state index in [0.29, 0.717) is 27.2 Å². The van der Waals surface area contributed by atoms with Crippen LogP contribution in [0, 0.1) is 3.57 Å². The van der Waals surface area contributed by atoms with Crippen molar-refractivity contribution in [3.63, 3.8) is 0 Å². The van der Waals surface area contributed by atoms with E-state index in [1.165, 1.54) is 4.57 Å². The van der Waals surface area contributed by atoms with Gasteiger partial charge >= 0.3 is 5.76 Å². The highest BCUT2D eigenvalue weighted by molar-refractivity contribution is 14.1. The van der Waals surface area contributed by atoms with Crippen LogP contribution in [0.25, 0.3) is 11.1 Å². The van der Waals surface area contributed by atoms with E-state index in [0.717, 1.165) is 3.57 Å². The number of halogens is 2. The minimum atomic E-state index is -0.452. The number of fused-ring (bicyclic) bond motifs is 1. The molecule has 0 saturated carbocycles. The average Bonchev–Trinajstić information content (AvgIpc) is 2.75. The van der Waals surface area contributed by atoms with E-state index in [9.17, 15) is 9.59 Å². The van der Waals surface area contributed by atoms with Crippen molar-refractivity contribution in [1.29, 1.82) is 0 Å². The zero-order chi connectivity index (χ0) is 15.1. The second-order valence-corrected chi connectivity index (χ2v) is 6.16. The van der Waals surface area contributed by atoms with E-state index in [4.69, 9.17) is 16.0 Å². The molecule has 0 aliphatic rings. The molecule has 1 heterocycles. The molecule has 0 N–H and O–H groups in total. The predicted octanol–water partition coefficient (Wildman–Crippen LogP) is 3.62. The Morgan fingerprint density at radius 1 is 1.24 bits per heavy atom. The summed E-state index contributed by atoms with van der Waals surface area (Å²) in [6, 6.07) is 10.1. The minimum absolute atomic E-state index is 0.157. The highest BCUT2D eigenvalue weighted by Gasteiger charge is 2.15. The molecule has 21 heavy (non-hydrogen) atoms. The maximum atomic E-state index is 12.6. The van der Waals surface area contributed by atoms with Gasteiger partial charge in [-0.15, -0.1) is 0 Å². The van der Waals surface area contributed by atoms with Crippen molar-refractivity contribution in [3.8, 4) is 0 Å². The molecule has 6 heteroatoms. The summed E-state index contributed by atoms with van der Waals surface area (Å²) in [5.41, 5.74) is 2.03. The van der Waals surface area contributed by atoms with E-state index in [2.05, 4.69) is 22.6 Å². The maximum Gasteiger partial charge on any atom is 0.419 e. The second kappa shape index (κ2) is 5.31. The van der Waals surface area contributed by atoms with E-state index >= 15 is 0 Å². The SMILES string of the molecule is Cn1c(=O)oc2cc(C(=O)c3cc(Cl)ccc3I)ccc21. The van der Waals surface area contributed by atoms with Crippen molar-refractivity contribution in [2.24, 2.45) is 7.05 Å². The first-order chi connectivity index (χ1) is 9.97. The molecular weight excluding hydrogens is 405 g/mol. The number of carbonyl (C=O) groups excluding carboxylic acids is 1. The van der Waals surface area contributed by atoms with Crippen LogP contribution in [0.1, 0.15) is 15.9 Å². The van der Waals surface area contributed by atoms with Crippen molar-refractivity contribution in [3.05, 3.63) is 66.7 Å². The lowest BCUT2D eigenvalue weighted by Crippen LogP contribution is -2.08. The van der Waals surface area contributed by atoms with Crippen LogP contribution in [0.3, 0.4) is 0 Å². The summed E-state index contributed by atoms with van der Waals surface area (Å²) in [6.07, 6.45) is 0. The van der Waals surface area contributed by atoms with Crippen LogP contribution in [0.15, 0.2) is 45.6 Å². The Morgan fingerprint density at radius 3 is 2.76 bits per heavy atom. The summed E-state index contributed by atoms with van der Waals surface area (Å²) < 4.78 is 7.32. The van der Waals surface area contributed by atoms with Crippen LogP contribution in [-0.2, 0) is 7.05 Å². The lowest BCUT2D eigenvalue weighted by Gasteiger charge is -2.04. The summed E-state index contributed by atoms with van der Waals surface area (Å²) >= 11 is 8.04. The highest BCUT2D eigenvalue weighted by atomic mass is 127. The fraction of sp³-hybridized carbons (Fsp3) is 0.0667. The molecule has 0 spiro atoms. The zero-order valence-corrected chi connectivity index (χ0v) is 13.8. The van der Waals surface area contributed by atoms with Gasteiger partial charge in [0.15, 0.2) is 11.4 Å². The van der Waals surface area contributed by atoms with E-state index in [1.54, 1.807) is 43.4 Å². The Morgan fingerprint density at radius 2 is 2.00 bits per heavy atom. The van der Waals surface area contributed by atoms with Gasteiger partial charge in [-0.3, -0.25) is 9.36 Å². The summed E-state index contributed by atoms with van der Waals surface area (Å²) in [5, 5.41) is 0.506. The third kappa shape index (κ3) is 2.51. The Kier molecular flexibility index (Phi) is 3.62. The van der Waals surface area contributed by atoms with E-state index in [-0.39, 0.29) is 5.78 Å². The molecule has 0 fully saturated rings. The maximum absolute atomic E-state index is 12.6. The fourth-order valence-electron chi connectivity index (χ4n) is 2.10. The van der Waals surface area contributed by atoms with Crippen molar-refractivity contribution in [2.45, 2.75) is 0 Å². The Bertz CT molecular complexity index is 926. The van der Waals surface area contributed by atoms with Crippen LogP contribution in [0.5, 0.6) is 0 Å². The molecule has 0 aliphatic heterocycles. The third-order valence-electron chi connectivity index (χ3n) is 3.23. The topological polar surface area (TPSA) is 52.2 Å². The molecule has 106 valence electrons. The normalized spacial score (nSPS) is 11.0. The van der Waals surface area contributed by atoms with E-state index < -0.39 is 5.76 Å². The molecule has 0 atom stereocenters. The summed E-state index contributed by atoms with van der Waals surface area (Å²) in [7, 11) is 1.62. The van der Waals surface area contributed by atoms with Crippen molar-refractivity contribution in [1.82, 2.24) is 4.57 Å². The number of ketones is 1. The van der Waals surface area contributed by atoms with Crippen molar-refractivity contribution >= 4 is 51.1 Å². The minimum Gasteiger partial charge on any atom is -0.408 e. The third-order valence-corrected chi connectivity index (χ3v) is 4.40. The van der Waals surface area contributed by atoms with Gasteiger partial charge < -0.3 is 4.42 Å². The van der Waals surface area contributed by atoms with Gasteiger partial charge in [0.1, 0.15) is 0 Å². The molecule has 3 aromatic rings. The van der Waals surface area contributed by atoms with Gasteiger partial charge in [-0.2, -0.15) is 0 Å². The second-order valence-electron chi connectivity index (χ2n) is 4.56. The number of benzene rings is 2. The van der Waals surface area contributed by atoms with Gasteiger partial charge in [0.2, 0.25) is 0 Å². The largest absolute Gasteiger partial charge is 0.419 e. The standard InChI is InChI=1S/C15H9ClINO3/c1-18-12-5-2-8(6-13(12)21-15(18)20)14(19)10-7-9(16)3-4-11(10)17/h2-7H,1H3. The molecule has 0 aliphatic carbocycles. The molecule has 3 rings (SSSR count). The lowest BCUT2D eigenvalue weighted by atomic mass is 10.0. The molecule has 0 saturated heterocycles. The Hall–Kier alpha value is -1.60. The van der Waals surface area contributed by atoms with Crippen LogP contribution in [0.2, 0.25) is 5.02 Å². The summed E-state index contributed by atoms with van der Waals surface area (Å²) in [6.45, 7) is 0. The quantitative estimate of drug-likeness (QED) is 0.476. The number of aryl methyl sites for hydroxylation is 1. The smallest absolute Gasteiger partial charge is 0.408 e. The summed E-state index contributed by atoms with van der Waals surface area (Å²) in [4.78, 5) is 24.0. The number of hydrogen-bond donors (Lipinski definition) is 0. The number of hydrogen-bond acceptors (Lipinski definition) is 3. The first-order valence-corrected chi connectivity index (χ1v) is 7.52. The Balaban J connectivity index is 2.13. The van der Waals surface area contributed by atoms with Crippen molar-refractivity contribution < 1.29 is 9.21 Å². The Labute approximate surface area is 138 Å². The van der Waals surface area contributed by atoms with Gasteiger partial charge in [-0.1, -0.05) is 11.6 Å². The van der Waals surface area contributed by atoms with Crippen LogP contribution < -0.4 is 5.76 Å². The van der Waals surface area contributed by atoms with Crippen molar-refractivity contribution in [2.75, 3.05) is 0 Å². The first-order valence-electron chi connectivity index (χ1n) is 6.06. The van der Waals surface area contributed by atoms with Gasteiger partial charge in [-0.25, -0.2) is 4.79 Å². The van der Waals surface area contributed by atoms with Crippen LogP contribution >= 0.6 is 34.2 Å². The number of carbonyl (C=O) groups is 1. The molecule has 4 nitrogen and oxygen atoms in total. The number of nitrogens with zero attached hydrogens (tertiary/aromatic N) is 1. The van der Waals surface area contributed by atoms with Gasteiger partial charge in [0.25, 0.3) is 0 Å². The number of rotatable bonds is 2. The molecule has 2 aromatic carbocycles. The molecule has 0 radical (unpaired) electrons. The lowest BCUT2D eigenvalue weighted by molar-refractivity contribution is 0.103. The molecule has 0 bridgehead atoms. The van der Waals surface area contributed by atoms with Crippen LogP contribution in [0.4, 0.5) is 0 Å². The van der Waals surface area contributed by atoms with Gasteiger partial charge in [-0.05, 0) is 59.0 Å². The zero-order valence-electron chi connectivity index (χ0n) is 10.9. The van der Waals surface area contributed by atoms with Gasteiger partial charge in [0.05, 0.1) is 5.52 Å². The number of oxazole rings is 1. The average molecular weight is 414 g/mol. The monoisotopic (exact) mass is 413 g/mol. The molecule has 0 unspecified atom stereocenters. The molecule has 0 amide bonds. The molecular formula is C15H9ClINO3. The first kappa shape index (κ1) is 14.3. The predicted molar refractivity (Wildman–Crippen MR) is 89.1 cm³/mol. The summed E-state index contributed by atoms with van der Waals surface area (Å²) in [5.74, 6) is -0.609. The number of aromatic nitrogens is 1. The van der Waals surface area contributed by atoms with Crippen LogP contribution in [-0.4, -0.2) is 10.4 Å². The fourth-order valence-corrected chi connectivity index (χ4v) is 2.85. The van der Waals surface area contributed by atoms with Gasteiger partial charge in [0, 0.05) is 26.8 Å². The van der Waals surface area contributed by atoms with E-state index in [1.807, 2.05) is 0 Å². The molecule has 1 aromatic heterocycles. The highest BCUT2D eigenvalue weighted by Crippen LogP contribution is 2.23.